The number of rotatable bonds is 5. The van der Waals surface area contributed by atoms with Crippen LogP contribution in [0.3, 0.4) is 0 Å². The Hall–Kier alpha value is -1.58. The van der Waals surface area contributed by atoms with Crippen molar-refractivity contribution >= 4 is 11.6 Å². The van der Waals surface area contributed by atoms with E-state index < -0.39 is 0 Å². The molecule has 2 rings (SSSR count). The van der Waals surface area contributed by atoms with Crippen LogP contribution in [0.25, 0.3) is 0 Å². The molecule has 104 valence electrons. The van der Waals surface area contributed by atoms with Crippen molar-refractivity contribution in [1.82, 2.24) is 10.3 Å². The van der Waals surface area contributed by atoms with Crippen molar-refractivity contribution in [2.24, 2.45) is 5.92 Å². The van der Waals surface area contributed by atoms with Crippen molar-refractivity contribution in [3.05, 3.63) is 24.0 Å². The van der Waals surface area contributed by atoms with E-state index in [9.17, 15) is 4.79 Å². The highest BCUT2D eigenvalue weighted by molar-refractivity contribution is 5.94. The lowest BCUT2D eigenvalue weighted by Gasteiger charge is -2.17. The van der Waals surface area contributed by atoms with Crippen molar-refractivity contribution in [2.75, 3.05) is 24.5 Å². The Morgan fingerprint density at radius 2 is 2.11 bits per heavy atom. The van der Waals surface area contributed by atoms with Gasteiger partial charge in [0.1, 0.15) is 0 Å². The number of nitrogens with zero attached hydrogens (tertiary/aromatic N) is 2. The van der Waals surface area contributed by atoms with Crippen molar-refractivity contribution in [3.8, 4) is 0 Å². The van der Waals surface area contributed by atoms with E-state index in [0.717, 1.165) is 31.7 Å². The molecule has 4 heteroatoms. The summed E-state index contributed by atoms with van der Waals surface area (Å²) in [6.07, 6.45) is 6.95. The van der Waals surface area contributed by atoms with Crippen LogP contribution >= 0.6 is 0 Å². The molecule has 0 aromatic carbocycles. The highest BCUT2D eigenvalue weighted by atomic mass is 16.1. The monoisotopic (exact) mass is 261 g/mol. The first-order valence-corrected chi connectivity index (χ1v) is 7.15. The van der Waals surface area contributed by atoms with E-state index in [1.54, 1.807) is 6.20 Å². The third-order valence-electron chi connectivity index (χ3n) is 3.46. The third-order valence-corrected chi connectivity index (χ3v) is 3.46. The average Bonchev–Trinajstić information content (AvgIpc) is 2.92. The molecule has 1 amide bonds. The van der Waals surface area contributed by atoms with E-state index in [0.29, 0.717) is 11.5 Å². The molecule has 4 nitrogen and oxygen atoms in total. The number of carbonyl (C=O) groups is 1. The van der Waals surface area contributed by atoms with Gasteiger partial charge in [0, 0.05) is 25.8 Å². The molecular weight excluding hydrogens is 238 g/mol. The molecule has 1 saturated heterocycles. The number of amides is 1. The smallest absolute Gasteiger partial charge is 0.252 e. The zero-order valence-electron chi connectivity index (χ0n) is 11.9. The first-order chi connectivity index (χ1) is 9.16. The van der Waals surface area contributed by atoms with Crippen LogP contribution in [-0.2, 0) is 0 Å². The molecule has 1 N–H and O–H groups in total. The molecule has 1 aromatic heterocycles. The largest absolute Gasteiger partial charge is 0.370 e. The summed E-state index contributed by atoms with van der Waals surface area (Å²) in [5.41, 5.74) is 1.72. The SMILES string of the molecule is CC(C)CCNC(=O)c1cncc(N2CCCC2)c1. The molecule has 0 spiro atoms. The second-order valence-electron chi connectivity index (χ2n) is 5.56. The van der Waals surface area contributed by atoms with Crippen LogP contribution in [0.5, 0.6) is 0 Å². The first-order valence-electron chi connectivity index (χ1n) is 7.15. The molecule has 1 aromatic rings. The molecule has 0 atom stereocenters. The Kier molecular flexibility index (Phi) is 4.77. The van der Waals surface area contributed by atoms with E-state index in [-0.39, 0.29) is 5.91 Å². The van der Waals surface area contributed by atoms with Gasteiger partial charge >= 0.3 is 0 Å². The van der Waals surface area contributed by atoms with Crippen LogP contribution in [-0.4, -0.2) is 30.5 Å². The summed E-state index contributed by atoms with van der Waals surface area (Å²) in [7, 11) is 0. The van der Waals surface area contributed by atoms with Gasteiger partial charge in [-0.1, -0.05) is 13.8 Å². The van der Waals surface area contributed by atoms with Gasteiger partial charge in [0.2, 0.25) is 0 Å². The van der Waals surface area contributed by atoms with Gasteiger partial charge in [0.15, 0.2) is 0 Å². The second-order valence-corrected chi connectivity index (χ2v) is 5.56. The van der Waals surface area contributed by atoms with Crippen molar-refractivity contribution in [1.29, 1.82) is 0 Å². The Morgan fingerprint density at radius 1 is 1.37 bits per heavy atom. The van der Waals surface area contributed by atoms with Gasteiger partial charge in [-0.25, -0.2) is 0 Å². The standard InChI is InChI=1S/C15H23N3O/c1-12(2)5-6-17-15(19)13-9-14(11-16-10-13)18-7-3-4-8-18/h9-12H,3-8H2,1-2H3,(H,17,19). The number of hydrogen-bond donors (Lipinski definition) is 1. The summed E-state index contributed by atoms with van der Waals surface area (Å²) in [6.45, 7) is 7.17. The van der Waals surface area contributed by atoms with Gasteiger partial charge in [-0.3, -0.25) is 9.78 Å². The Labute approximate surface area is 115 Å². The van der Waals surface area contributed by atoms with Gasteiger partial charge in [-0.2, -0.15) is 0 Å². The van der Waals surface area contributed by atoms with Crippen LogP contribution < -0.4 is 10.2 Å². The summed E-state index contributed by atoms with van der Waals surface area (Å²) in [4.78, 5) is 18.5. The summed E-state index contributed by atoms with van der Waals surface area (Å²) in [5.74, 6) is 0.587. The maximum Gasteiger partial charge on any atom is 0.252 e. The van der Waals surface area contributed by atoms with Crippen LogP contribution in [0, 0.1) is 5.92 Å². The van der Waals surface area contributed by atoms with Gasteiger partial charge < -0.3 is 10.2 Å². The summed E-state index contributed by atoms with van der Waals surface area (Å²) < 4.78 is 0. The van der Waals surface area contributed by atoms with E-state index in [2.05, 4.69) is 29.0 Å². The molecule has 19 heavy (non-hydrogen) atoms. The predicted octanol–water partition coefficient (Wildman–Crippen LogP) is 2.46. The lowest BCUT2D eigenvalue weighted by Crippen LogP contribution is -2.26. The summed E-state index contributed by atoms with van der Waals surface area (Å²) in [5, 5.41) is 2.95. The number of hydrogen-bond acceptors (Lipinski definition) is 3. The highest BCUT2D eigenvalue weighted by Gasteiger charge is 2.14. The minimum absolute atomic E-state index is 0.0193. The zero-order valence-corrected chi connectivity index (χ0v) is 11.9. The lowest BCUT2D eigenvalue weighted by molar-refractivity contribution is 0.0951. The number of carbonyl (C=O) groups excluding carboxylic acids is 1. The molecule has 0 aliphatic carbocycles. The molecule has 1 aliphatic rings. The zero-order chi connectivity index (χ0) is 13.7. The van der Waals surface area contributed by atoms with Crippen LogP contribution in [0.4, 0.5) is 5.69 Å². The molecule has 1 aliphatic heterocycles. The minimum atomic E-state index is -0.0193. The van der Waals surface area contributed by atoms with Gasteiger partial charge in [0.25, 0.3) is 5.91 Å². The van der Waals surface area contributed by atoms with Crippen LogP contribution in [0.15, 0.2) is 18.5 Å². The number of aromatic nitrogens is 1. The fraction of sp³-hybridized carbons (Fsp3) is 0.600. The van der Waals surface area contributed by atoms with E-state index >= 15 is 0 Å². The van der Waals surface area contributed by atoms with Crippen molar-refractivity contribution < 1.29 is 4.79 Å². The molecule has 0 radical (unpaired) electrons. The summed E-state index contributed by atoms with van der Waals surface area (Å²) >= 11 is 0. The number of nitrogens with one attached hydrogen (secondary N) is 1. The van der Waals surface area contributed by atoms with Gasteiger partial charge in [-0.05, 0) is 31.2 Å². The van der Waals surface area contributed by atoms with Gasteiger partial charge in [-0.15, -0.1) is 0 Å². The van der Waals surface area contributed by atoms with E-state index in [1.807, 2.05) is 12.3 Å². The van der Waals surface area contributed by atoms with Crippen LogP contribution in [0.1, 0.15) is 43.5 Å². The van der Waals surface area contributed by atoms with Crippen molar-refractivity contribution in [3.63, 3.8) is 0 Å². The van der Waals surface area contributed by atoms with Gasteiger partial charge in [0.05, 0.1) is 17.4 Å². The molecule has 2 heterocycles. The normalized spacial score (nSPS) is 15.0. The number of anilines is 1. The first kappa shape index (κ1) is 13.8. The highest BCUT2D eigenvalue weighted by Crippen LogP contribution is 2.19. The maximum absolute atomic E-state index is 12.0. The van der Waals surface area contributed by atoms with E-state index in [1.165, 1.54) is 12.8 Å². The fourth-order valence-electron chi connectivity index (χ4n) is 2.28. The van der Waals surface area contributed by atoms with Crippen LogP contribution in [0.2, 0.25) is 0 Å². The average molecular weight is 261 g/mol. The van der Waals surface area contributed by atoms with Crippen molar-refractivity contribution in [2.45, 2.75) is 33.1 Å². The van der Waals surface area contributed by atoms with E-state index in [4.69, 9.17) is 0 Å². The second kappa shape index (κ2) is 6.55. The maximum atomic E-state index is 12.0. The lowest BCUT2D eigenvalue weighted by atomic mass is 10.1. The predicted molar refractivity (Wildman–Crippen MR) is 77.5 cm³/mol. The molecule has 0 unspecified atom stereocenters. The molecule has 0 saturated carbocycles. The molecule has 1 fully saturated rings. The summed E-state index contributed by atoms with van der Waals surface area (Å²) in [6, 6.07) is 1.95. The number of pyridine rings is 1. The Morgan fingerprint density at radius 3 is 2.79 bits per heavy atom. The Balaban J connectivity index is 1.95. The third kappa shape index (κ3) is 3.94. The quantitative estimate of drug-likeness (QED) is 0.885. The minimum Gasteiger partial charge on any atom is -0.370 e. The Bertz CT molecular complexity index is 425. The topological polar surface area (TPSA) is 45.2 Å². The molecular formula is C15H23N3O. The molecule has 0 bridgehead atoms. The fourth-order valence-corrected chi connectivity index (χ4v) is 2.28.